The molecule has 0 atom stereocenters. The number of rotatable bonds is 4. The van der Waals surface area contributed by atoms with Gasteiger partial charge in [0.25, 0.3) is 5.56 Å². The Morgan fingerprint density at radius 2 is 2.10 bits per heavy atom. The van der Waals surface area contributed by atoms with Crippen molar-refractivity contribution in [3.63, 3.8) is 0 Å². The first-order chi connectivity index (χ1) is 13.6. The second-order valence-electron chi connectivity index (χ2n) is 6.49. The van der Waals surface area contributed by atoms with Gasteiger partial charge in [-0.15, -0.1) is 0 Å². The molecule has 2 aliphatic heterocycles. The van der Waals surface area contributed by atoms with Gasteiger partial charge in [0.15, 0.2) is 0 Å². The van der Waals surface area contributed by atoms with Crippen LogP contribution in [0.15, 0.2) is 47.7 Å². The minimum absolute atomic E-state index is 0. The van der Waals surface area contributed by atoms with E-state index in [0.717, 1.165) is 15.9 Å². The smallest absolute Gasteiger partial charge is 0.860 e. The first-order valence-corrected chi connectivity index (χ1v) is 9.57. The number of hydrogen-bond acceptors (Lipinski definition) is 6. The summed E-state index contributed by atoms with van der Waals surface area (Å²) in [4.78, 5) is 24.6. The number of hydrogen-bond donors (Lipinski definition) is 1. The molecule has 0 amide bonds. The van der Waals surface area contributed by atoms with E-state index in [9.17, 15) is 9.90 Å². The van der Waals surface area contributed by atoms with E-state index < -0.39 is 0 Å². The molecule has 29 heavy (non-hydrogen) atoms. The van der Waals surface area contributed by atoms with Crippen molar-refractivity contribution in [2.75, 3.05) is 0 Å². The Bertz CT molecular complexity index is 1290. The summed E-state index contributed by atoms with van der Waals surface area (Å²) < 4.78 is 3.88. The first kappa shape index (κ1) is 19.8. The zero-order chi connectivity index (χ0) is 19.3. The van der Waals surface area contributed by atoms with Crippen LogP contribution in [0, 0.1) is 6.92 Å². The maximum absolute atomic E-state index is 13.1. The van der Waals surface area contributed by atoms with Crippen LogP contribution < -0.4 is 40.2 Å². The summed E-state index contributed by atoms with van der Waals surface area (Å²) in [5.74, 6) is -0.182. The van der Waals surface area contributed by atoms with Crippen molar-refractivity contribution >= 4 is 21.6 Å². The number of thiazole rings is 1. The summed E-state index contributed by atoms with van der Waals surface area (Å²) in [5, 5.41) is 17.5. The zero-order valence-electron chi connectivity index (χ0n) is 15.9. The van der Waals surface area contributed by atoms with E-state index in [1.54, 1.807) is 24.0 Å². The molecule has 0 unspecified atom stereocenters. The number of aryl methyl sites for hydroxylation is 1. The Morgan fingerprint density at radius 1 is 1.28 bits per heavy atom. The van der Waals surface area contributed by atoms with Crippen LogP contribution in [-0.2, 0) is 13.0 Å². The van der Waals surface area contributed by atoms with Crippen molar-refractivity contribution in [2.45, 2.75) is 19.9 Å². The molecule has 10 heteroatoms. The maximum Gasteiger partial charge on any atom is 1.00 e. The van der Waals surface area contributed by atoms with Gasteiger partial charge in [0, 0.05) is 30.6 Å². The van der Waals surface area contributed by atoms with Crippen LogP contribution in [0.4, 0.5) is 0 Å². The van der Waals surface area contributed by atoms with Gasteiger partial charge in [0.2, 0.25) is 5.13 Å². The second-order valence-corrected chi connectivity index (χ2v) is 7.50. The zero-order valence-corrected chi connectivity index (χ0v) is 18.7. The molecular formula is C19H15N6NaO2S. The summed E-state index contributed by atoms with van der Waals surface area (Å²) >= 11 is 1.40. The van der Waals surface area contributed by atoms with Crippen molar-refractivity contribution in [1.82, 2.24) is 29.3 Å². The fraction of sp³-hybridized carbons (Fsp3) is 0.158. The van der Waals surface area contributed by atoms with E-state index in [2.05, 4.69) is 20.1 Å². The molecule has 2 aliphatic rings. The fourth-order valence-electron chi connectivity index (χ4n) is 3.37. The van der Waals surface area contributed by atoms with E-state index in [4.69, 9.17) is 0 Å². The Morgan fingerprint density at radius 3 is 2.86 bits per heavy atom. The standard InChI is InChI=1S/C19H16N6O2S.Na/c1-11-17-14(8-16(26)24(11)7-6-12-9-20-10-21-12)23-25(18(17)27)19-22-13-4-2-3-5-15(13)28-19;/h2-5,8-10,26H,6-7H2,1H3,(H,20,21);/q;+1/p-1. The normalized spacial score (nSPS) is 11.2. The number of H-pyrrole nitrogens is 1. The number of aromatic nitrogens is 6. The van der Waals surface area contributed by atoms with Crippen molar-refractivity contribution in [3.05, 3.63) is 64.6 Å². The predicted molar refractivity (Wildman–Crippen MR) is 104 cm³/mol. The Hall–Kier alpha value is -2.46. The molecule has 1 N–H and O–H groups in total. The first-order valence-electron chi connectivity index (χ1n) is 8.75. The summed E-state index contributed by atoms with van der Waals surface area (Å²) in [6.45, 7) is 2.23. The van der Waals surface area contributed by atoms with Crippen LogP contribution in [0.2, 0.25) is 0 Å². The SMILES string of the molecule is Cc1c2c(=O)n(-c3nc4ccccc4s3)nc-2cc([O-])n1CCc1cnc[nH]1.[Na+]. The van der Waals surface area contributed by atoms with Crippen molar-refractivity contribution in [3.8, 4) is 22.3 Å². The van der Waals surface area contributed by atoms with E-state index >= 15 is 0 Å². The summed E-state index contributed by atoms with van der Waals surface area (Å²) in [7, 11) is 0. The van der Waals surface area contributed by atoms with E-state index in [-0.39, 0.29) is 41.0 Å². The third-order valence-corrected chi connectivity index (χ3v) is 5.80. The van der Waals surface area contributed by atoms with E-state index in [1.807, 2.05) is 24.3 Å². The molecule has 0 saturated heterocycles. The predicted octanol–water partition coefficient (Wildman–Crippen LogP) is -0.900. The molecule has 8 nitrogen and oxygen atoms in total. The Balaban J connectivity index is 0.00000205. The Kier molecular flexibility index (Phi) is 5.30. The number of fused-ring (bicyclic) bond motifs is 2. The molecule has 0 bridgehead atoms. The largest absolute Gasteiger partial charge is 1.00 e. The number of benzene rings is 1. The number of imidazole rings is 1. The maximum atomic E-state index is 13.1. The van der Waals surface area contributed by atoms with Gasteiger partial charge in [-0.1, -0.05) is 23.5 Å². The summed E-state index contributed by atoms with van der Waals surface area (Å²) in [6, 6.07) is 9.10. The van der Waals surface area contributed by atoms with Gasteiger partial charge in [-0.25, -0.2) is 9.97 Å². The third-order valence-electron chi connectivity index (χ3n) is 4.79. The Labute approximate surface area is 191 Å². The number of aromatic amines is 1. The molecule has 0 spiro atoms. The minimum Gasteiger partial charge on any atom is -0.860 e. The summed E-state index contributed by atoms with van der Waals surface area (Å²) in [5.41, 5.74) is 2.94. The third kappa shape index (κ3) is 3.40. The van der Waals surface area contributed by atoms with Gasteiger partial charge >= 0.3 is 29.6 Å². The average Bonchev–Trinajstić information content (AvgIpc) is 3.40. The fourth-order valence-corrected chi connectivity index (χ4v) is 4.28. The molecular weight excluding hydrogens is 399 g/mol. The van der Waals surface area contributed by atoms with Crippen LogP contribution in [0.25, 0.3) is 26.6 Å². The minimum atomic E-state index is -0.262. The number of nitrogens with zero attached hydrogens (tertiary/aromatic N) is 5. The van der Waals surface area contributed by atoms with Gasteiger partial charge in [0.05, 0.1) is 27.8 Å². The molecule has 0 fully saturated rings. The molecule has 0 aliphatic carbocycles. The van der Waals surface area contributed by atoms with Crippen LogP contribution in [-0.4, -0.2) is 29.3 Å². The van der Waals surface area contributed by atoms with Gasteiger partial charge in [-0.3, -0.25) is 4.79 Å². The quantitative estimate of drug-likeness (QED) is 0.384. The molecule has 4 heterocycles. The van der Waals surface area contributed by atoms with Crippen molar-refractivity contribution in [2.24, 2.45) is 0 Å². The van der Waals surface area contributed by atoms with Crippen molar-refractivity contribution in [1.29, 1.82) is 0 Å². The average molecular weight is 414 g/mol. The molecule has 3 aromatic rings. The molecule has 0 radical (unpaired) electrons. The molecule has 5 rings (SSSR count). The molecule has 2 aromatic heterocycles. The molecule has 140 valence electrons. The van der Waals surface area contributed by atoms with Crippen LogP contribution in [0.3, 0.4) is 0 Å². The van der Waals surface area contributed by atoms with Gasteiger partial charge in [0.1, 0.15) is 0 Å². The van der Waals surface area contributed by atoms with Crippen molar-refractivity contribution < 1.29 is 34.7 Å². The van der Waals surface area contributed by atoms with Crippen LogP contribution in [0.1, 0.15) is 11.4 Å². The van der Waals surface area contributed by atoms with Crippen LogP contribution >= 0.6 is 11.3 Å². The molecule has 1 aromatic carbocycles. The topological polar surface area (TPSA) is 104 Å². The number of pyridine rings is 1. The number of para-hydroxylation sites is 1. The van der Waals surface area contributed by atoms with Gasteiger partial charge in [-0.05, 0) is 31.0 Å². The monoisotopic (exact) mass is 414 g/mol. The van der Waals surface area contributed by atoms with E-state index in [0.29, 0.717) is 35.0 Å². The van der Waals surface area contributed by atoms with Gasteiger partial charge in [-0.2, -0.15) is 9.78 Å². The van der Waals surface area contributed by atoms with Crippen LogP contribution in [0.5, 0.6) is 5.88 Å². The number of nitrogens with one attached hydrogen (secondary N) is 1. The van der Waals surface area contributed by atoms with Gasteiger partial charge < -0.3 is 14.7 Å². The molecule has 0 saturated carbocycles. The van der Waals surface area contributed by atoms with E-state index in [1.165, 1.54) is 22.1 Å². The second kappa shape index (κ2) is 7.75. The summed E-state index contributed by atoms with van der Waals surface area (Å²) in [6.07, 6.45) is 3.95.